The maximum absolute atomic E-state index is 5.72. The van der Waals surface area contributed by atoms with Crippen LogP contribution >= 0.6 is 0 Å². The van der Waals surface area contributed by atoms with Crippen LogP contribution in [0.2, 0.25) is 0 Å². The summed E-state index contributed by atoms with van der Waals surface area (Å²) in [5.74, 6) is 0. The predicted molar refractivity (Wildman–Crippen MR) is 84.2 cm³/mol. The number of hydrogen-bond donors (Lipinski definition) is 1. The van der Waals surface area contributed by atoms with Gasteiger partial charge in [0.15, 0.2) is 0 Å². The highest BCUT2D eigenvalue weighted by atomic mass is 16.5. The van der Waals surface area contributed by atoms with Crippen molar-refractivity contribution in [3.63, 3.8) is 0 Å². The molecule has 114 valence electrons. The Bertz CT molecular complexity index is 337. The third-order valence-corrected chi connectivity index (χ3v) is 3.29. The van der Waals surface area contributed by atoms with Crippen molar-refractivity contribution in [1.29, 1.82) is 0 Å². The van der Waals surface area contributed by atoms with E-state index in [1.807, 2.05) is 6.92 Å². The van der Waals surface area contributed by atoms with E-state index in [-0.39, 0.29) is 6.04 Å². The molecule has 1 rings (SSSR count). The Labute approximate surface area is 123 Å². The molecular formula is C17H29NO2. The Morgan fingerprint density at radius 1 is 1.00 bits per heavy atom. The van der Waals surface area contributed by atoms with Crippen LogP contribution < -0.4 is 5.32 Å². The van der Waals surface area contributed by atoms with Gasteiger partial charge in [-0.1, -0.05) is 38.1 Å². The highest BCUT2D eigenvalue weighted by molar-refractivity contribution is 5.25. The van der Waals surface area contributed by atoms with E-state index in [4.69, 9.17) is 9.47 Å². The molecule has 3 heteroatoms. The molecule has 0 heterocycles. The molecule has 0 spiro atoms. The summed E-state index contributed by atoms with van der Waals surface area (Å²) in [4.78, 5) is 0. The fourth-order valence-electron chi connectivity index (χ4n) is 2.04. The van der Waals surface area contributed by atoms with Crippen molar-refractivity contribution in [3.05, 3.63) is 35.4 Å². The minimum atomic E-state index is 0.266. The lowest BCUT2D eigenvalue weighted by molar-refractivity contribution is 0.0433. The molecule has 0 saturated heterocycles. The number of aryl methyl sites for hydroxylation is 1. The molecule has 0 aromatic heterocycles. The van der Waals surface area contributed by atoms with Crippen molar-refractivity contribution in [3.8, 4) is 0 Å². The van der Waals surface area contributed by atoms with Crippen molar-refractivity contribution >= 4 is 0 Å². The summed E-state index contributed by atoms with van der Waals surface area (Å²) >= 11 is 0. The van der Waals surface area contributed by atoms with Gasteiger partial charge in [0.1, 0.15) is 0 Å². The van der Waals surface area contributed by atoms with Crippen LogP contribution in [0.25, 0.3) is 0 Å². The molecule has 3 nitrogen and oxygen atoms in total. The predicted octanol–water partition coefficient (Wildman–Crippen LogP) is 3.34. The Kier molecular flexibility index (Phi) is 9.29. The monoisotopic (exact) mass is 279 g/mol. The lowest BCUT2D eigenvalue weighted by Crippen LogP contribution is -2.27. The van der Waals surface area contributed by atoms with Crippen LogP contribution in [0, 0.1) is 0 Å². The summed E-state index contributed by atoms with van der Waals surface area (Å²) in [5, 5.41) is 3.55. The number of rotatable bonds is 11. The second-order valence-corrected chi connectivity index (χ2v) is 4.87. The van der Waals surface area contributed by atoms with Gasteiger partial charge < -0.3 is 14.8 Å². The van der Waals surface area contributed by atoms with Crippen LogP contribution in [-0.2, 0) is 15.9 Å². The summed E-state index contributed by atoms with van der Waals surface area (Å²) in [6.07, 6.45) is 2.21. The van der Waals surface area contributed by atoms with Gasteiger partial charge in [-0.05, 0) is 37.4 Å². The lowest BCUT2D eigenvalue weighted by atomic mass is 10.0. The van der Waals surface area contributed by atoms with Gasteiger partial charge in [-0.15, -0.1) is 0 Å². The molecular weight excluding hydrogens is 250 g/mol. The fraction of sp³-hybridized carbons (Fsp3) is 0.647. The van der Waals surface area contributed by atoms with E-state index in [1.165, 1.54) is 11.1 Å². The van der Waals surface area contributed by atoms with Gasteiger partial charge in [0.2, 0.25) is 0 Å². The minimum absolute atomic E-state index is 0.266. The summed E-state index contributed by atoms with van der Waals surface area (Å²) in [6, 6.07) is 9.09. The maximum Gasteiger partial charge on any atom is 0.0701 e. The first-order valence-electron chi connectivity index (χ1n) is 7.79. The van der Waals surface area contributed by atoms with Gasteiger partial charge in [0.25, 0.3) is 0 Å². The third-order valence-electron chi connectivity index (χ3n) is 3.29. The van der Waals surface area contributed by atoms with Crippen LogP contribution in [-0.4, -0.2) is 33.0 Å². The maximum atomic E-state index is 5.72. The van der Waals surface area contributed by atoms with Crippen LogP contribution in [0.5, 0.6) is 0 Å². The molecule has 0 radical (unpaired) electrons. The zero-order valence-electron chi connectivity index (χ0n) is 13.2. The molecule has 0 aliphatic carbocycles. The lowest BCUT2D eigenvalue weighted by Gasteiger charge is -2.19. The highest BCUT2D eigenvalue weighted by Crippen LogP contribution is 2.15. The largest absolute Gasteiger partial charge is 0.379 e. The summed E-state index contributed by atoms with van der Waals surface area (Å²) in [7, 11) is 0. The van der Waals surface area contributed by atoms with Crippen molar-refractivity contribution in [2.24, 2.45) is 0 Å². The molecule has 1 unspecified atom stereocenters. The Morgan fingerprint density at radius 3 is 2.30 bits per heavy atom. The number of benzene rings is 1. The summed E-state index contributed by atoms with van der Waals surface area (Å²) < 4.78 is 11.0. The first-order valence-corrected chi connectivity index (χ1v) is 7.79. The Morgan fingerprint density at radius 2 is 1.70 bits per heavy atom. The van der Waals surface area contributed by atoms with Crippen molar-refractivity contribution < 1.29 is 9.47 Å². The molecule has 0 amide bonds. The average molecular weight is 279 g/mol. The molecule has 0 saturated carbocycles. The van der Waals surface area contributed by atoms with E-state index in [2.05, 4.69) is 43.4 Å². The van der Waals surface area contributed by atoms with Crippen molar-refractivity contribution in [1.82, 2.24) is 5.32 Å². The van der Waals surface area contributed by atoms with Crippen LogP contribution in [0.3, 0.4) is 0 Å². The second kappa shape index (κ2) is 10.8. The van der Waals surface area contributed by atoms with Gasteiger partial charge in [-0.3, -0.25) is 0 Å². The van der Waals surface area contributed by atoms with Gasteiger partial charge in [-0.25, -0.2) is 0 Å². The van der Waals surface area contributed by atoms with E-state index in [9.17, 15) is 0 Å². The number of nitrogens with one attached hydrogen (secondary N) is 1. The van der Waals surface area contributed by atoms with E-state index < -0.39 is 0 Å². The number of hydrogen-bond acceptors (Lipinski definition) is 3. The smallest absolute Gasteiger partial charge is 0.0701 e. The van der Waals surface area contributed by atoms with E-state index >= 15 is 0 Å². The van der Waals surface area contributed by atoms with Crippen LogP contribution in [0.1, 0.15) is 44.4 Å². The van der Waals surface area contributed by atoms with Gasteiger partial charge in [0.05, 0.1) is 25.9 Å². The molecule has 0 bridgehead atoms. The van der Waals surface area contributed by atoms with E-state index in [1.54, 1.807) is 0 Å². The van der Waals surface area contributed by atoms with Gasteiger partial charge in [0, 0.05) is 6.61 Å². The molecule has 0 aliphatic heterocycles. The van der Waals surface area contributed by atoms with Gasteiger partial charge >= 0.3 is 0 Å². The normalized spacial score (nSPS) is 12.6. The van der Waals surface area contributed by atoms with E-state index in [0.717, 1.165) is 26.0 Å². The standard InChI is InChI=1S/C17H29NO2/c1-4-11-18-17(14-20-13-12-19-6-3)16-9-7-15(5-2)8-10-16/h7-10,17-18H,4-6,11-14H2,1-3H3. The quantitative estimate of drug-likeness (QED) is 0.630. The molecule has 20 heavy (non-hydrogen) atoms. The molecule has 0 fully saturated rings. The first kappa shape index (κ1) is 17.2. The zero-order valence-corrected chi connectivity index (χ0v) is 13.2. The van der Waals surface area contributed by atoms with Crippen LogP contribution in [0.4, 0.5) is 0 Å². The third kappa shape index (κ3) is 6.51. The minimum Gasteiger partial charge on any atom is -0.379 e. The van der Waals surface area contributed by atoms with Crippen molar-refractivity contribution in [2.75, 3.05) is 33.0 Å². The van der Waals surface area contributed by atoms with E-state index in [0.29, 0.717) is 19.8 Å². The average Bonchev–Trinajstić information content (AvgIpc) is 2.50. The molecule has 1 N–H and O–H groups in total. The SMILES string of the molecule is CCCNC(COCCOCC)c1ccc(CC)cc1. The molecule has 0 aliphatic rings. The number of ether oxygens (including phenoxy) is 2. The molecule has 1 atom stereocenters. The highest BCUT2D eigenvalue weighted by Gasteiger charge is 2.10. The first-order chi connectivity index (χ1) is 9.81. The fourth-order valence-corrected chi connectivity index (χ4v) is 2.04. The summed E-state index contributed by atoms with van der Waals surface area (Å²) in [6.45, 7) is 10.1. The molecule has 1 aromatic carbocycles. The van der Waals surface area contributed by atoms with Crippen molar-refractivity contribution in [2.45, 2.75) is 39.7 Å². The molecule has 1 aromatic rings. The summed E-state index contributed by atoms with van der Waals surface area (Å²) in [5.41, 5.74) is 2.67. The zero-order chi connectivity index (χ0) is 14.6. The Balaban J connectivity index is 2.48. The topological polar surface area (TPSA) is 30.5 Å². The Hall–Kier alpha value is -0.900. The van der Waals surface area contributed by atoms with Crippen LogP contribution in [0.15, 0.2) is 24.3 Å². The van der Waals surface area contributed by atoms with Gasteiger partial charge in [-0.2, -0.15) is 0 Å². The second-order valence-electron chi connectivity index (χ2n) is 4.87.